The predicted octanol–water partition coefficient (Wildman–Crippen LogP) is 3.61. The highest BCUT2D eigenvalue weighted by Gasteiger charge is 2.10. The van der Waals surface area contributed by atoms with Gasteiger partial charge in [0.25, 0.3) is 0 Å². The van der Waals surface area contributed by atoms with Gasteiger partial charge in [0.2, 0.25) is 0 Å². The third-order valence-electron chi connectivity index (χ3n) is 3.75. The van der Waals surface area contributed by atoms with Crippen LogP contribution in [0.4, 0.5) is 0 Å². The molecule has 0 aliphatic rings. The highest BCUT2D eigenvalue weighted by molar-refractivity contribution is 5.30. The molecular formula is C17H25N3. The Labute approximate surface area is 122 Å². The zero-order chi connectivity index (χ0) is 14.5. The fourth-order valence-corrected chi connectivity index (χ4v) is 2.54. The van der Waals surface area contributed by atoms with Crippen molar-refractivity contribution in [2.24, 2.45) is 0 Å². The smallest absolute Gasteiger partial charge is 0.0662 e. The molecule has 0 bridgehead atoms. The molecule has 1 atom stereocenters. The molecule has 1 aromatic carbocycles. The SMILES string of the molecule is CCNC(CC)c1cnn(Cc2cc(C)ccc2C)c1. The van der Waals surface area contributed by atoms with Crippen molar-refractivity contribution in [3.05, 3.63) is 52.8 Å². The first-order chi connectivity index (χ1) is 9.63. The average Bonchev–Trinajstić information content (AvgIpc) is 2.88. The van der Waals surface area contributed by atoms with Crippen LogP contribution in [0.25, 0.3) is 0 Å². The Morgan fingerprint density at radius 1 is 1.25 bits per heavy atom. The van der Waals surface area contributed by atoms with Crippen molar-refractivity contribution in [2.75, 3.05) is 6.54 Å². The monoisotopic (exact) mass is 271 g/mol. The molecule has 20 heavy (non-hydrogen) atoms. The molecule has 0 fully saturated rings. The van der Waals surface area contributed by atoms with Crippen LogP contribution < -0.4 is 5.32 Å². The summed E-state index contributed by atoms with van der Waals surface area (Å²) >= 11 is 0. The zero-order valence-electron chi connectivity index (χ0n) is 13.0. The second-order valence-electron chi connectivity index (χ2n) is 5.42. The third kappa shape index (κ3) is 3.48. The number of aromatic nitrogens is 2. The standard InChI is InChI=1S/C17H25N3/c1-5-17(18-6-2)16-10-19-20(12-16)11-15-9-13(3)7-8-14(15)4/h7-10,12,17-18H,5-6,11H2,1-4H3. The minimum absolute atomic E-state index is 0.410. The van der Waals surface area contributed by atoms with E-state index in [4.69, 9.17) is 0 Å². The second kappa shape index (κ2) is 6.71. The molecule has 108 valence electrons. The van der Waals surface area contributed by atoms with E-state index >= 15 is 0 Å². The summed E-state index contributed by atoms with van der Waals surface area (Å²) < 4.78 is 2.04. The lowest BCUT2D eigenvalue weighted by Crippen LogP contribution is -2.19. The van der Waals surface area contributed by atoms with Gasteiger partial charge in [-0.05, 0) is 37.9 Å². The van der Waals surface area contributed by atoms with Crippen molar-refractivity contribution in [1.82, 2.24) is 15.1 Å². The Balaban J connectivity index is 2.14. The maximum absolute atomic E-state index is 4.51. The van der Waals surface area contributed by atoms with Gasteiger partial charge in [0, 0.05) is 17.8 Å². The third-order valence-corrected chi connectivity index (χ3v) is 3.75. The van der Waals surface area contributed by atoms with E-state index in [1.807, 2.05) is 10.9 Å². The summed E-state index contributed by atoms with van der Waals surface area (Å²) in [6.45, 7) is 10.5. The molecule has 1 unspecified atom stereocenters. The quantitative estimate of drug-likeness (QED) is 0.870. The van der Waals surface area contributed by atoms with Crippen LogP contribution in [0.5, 0.6) is 0 Å². The van der Waals surface area contributed by atoms with Crippen molar-refractivity contribution in [3.8, 4) is 0 Å². The maximum atomic E-state index is 4.51. The van der Waals surface area contributed by atoms with Gasteiger partial charge in [-0.25, -0.2) is 0 Å². The molecule has 0 amide bonds. The molecule has 0 spiro atoms. The van der Waals surface area contributed by atoms with Crippen molar-refractivity contribution < 1.29 is 0 Å². The van der Waals surface area contributed by atoms with Crippen LogP contribution in [0.3, 0.4) is 0 Å². The number of hydrogen-bond donors (Lipinski definition) is 1. The summed E-state index contributed by atoms with van der Waals surface area (Å²) in [6.07, 6.45) is 5.24. The van der Waals surface area contributed by atoms with Crippen molar-refractivity contribution in [2.45, 2.75) is 46.7 Å². The normalized spacial score (nSPS) is 12.6. The van der Waals surface area contributed by atoms with Crippen molar-refractivity contribution in [3.63, 3.8) is 0 Å². The van der Waals surface area contributed by atoms with E-state index in [0.717, 1.165) is 19.5 Å². The Morgan fingerprint density at radius 3 is 2.75 bits per heavy atom. The molecule has 3 heteroatoms. The fourth-order valence-electron chi connectivity index (χ4n) is 2.54. The van der Waals surface area contributed by atoms with Gasteiger partial charge in [-0.15, -0.1) is 0 Å². The summed E-state index contributed by atoms with van der Waals surface area (Å²) in [5.41, 5.74) is 5.25. The largest absolute Gasteiger partial charge is 0.310 e. The minimum Gasteiger partial charge on any atom is -0.310 e. The topological polar surface area (TPSA) is 29.9 Å². The lowest BCUT2D eigenvalue weighted by atomic mass is 10.1. The van der Waals surface area contributed by atoms with E-state index in [0.29, 0.717) is 6.04 Å². The molecule has 2 aromatic rings. The molecule has 1 N–H and O–H groups in total. The van der Waals surface area contributed by atoms with Gasteiger partial charge in [-0.1, -0.05) is 37.6 Å². The summed E-state index contributed by atoms with van der Waals surface area (Å²) in [4.78, 5) is 0. The number of rotatable bonds is 6. The summed E-state index contributed by atoms with van der Waals surface area (Å²) in [6, 6.07) is 7.00. The molecule has 0 saturated heterocycles. The van der Waals surface area contributed by atoms with E-state index in [-0.39, 0.29) is 0 Å². The first-order valence-corrected chi connectivity index (χ1v) is 7.45. The molecule has 0 radical (unpaired) electrons. The minimum atomic E-state index is 0.410. The highest BCUT2D eigenvalue weighted by Crippen LogP contribution is 2.17. The lowest BCUT2D eigenvalue weighted by Gasteiger charge is -2.13. The zero-order valence-corrected chi connectivity index (χ0v) is 13.0. The van der Waals surface area contributed by atoms with Crippen LogP contribution in [0.15, 0.2) is 30.6 Å². The van der Waals surface area contributed by atoms with Gasteiger partial charge in [0.15, 0.2) is 0 Å². The number of benzene rings is 1. The first kappa shape index (κ1) is 14.8. The van der Waals surface area contributed by atoms with Crippen LogP contribution in [0.2, 0.25) is 0 Å². The van der Waals surface area contributed by atoms with Crippen molar-refractivity contribution >= 4 is 0 Å². The van der Waals surface area contributed by atoms with Crippen LogP contribution in [-0.2, 0) is 6.54 Å². The van der Waals surface area contributed by atoms with Gasteiger partial charge in [0.05, 0.1) is 12.7 Å². The second-order valence-corrected chi connectivity index (χ2v) is 5.42. The number of hydrogen-bond acceptors (Lipinski definition) is 2. The van der Waals surface area contributed by atoms with E-state index in [9.17, 15) is 0 Å². The lowest BCUT2D eigenvalue weighted by molar-refractivity contribution is 0.536. The summed E-state index contributed by atoms with van der Waals surface area (Å²) in [7, 11) is 0. The molecule has 3 nitrogen and oxygen atoms in total. The van der Waals surface area contributed by atoms with E-state index < -0.39 is 0 Å². The number of aryl methyl sites for hydroxylation is 2. The number of nitrogens with one attached hydrogen (secondary N) is 1. The molecular weight excluding hydrogens is 246 g/mol. The molecule has 1 heterocycles. The molecule has 0 aliphatic carbocycles. The Kier molecular flexibility index (Phi) is 4.96. The highest BCUT2D eigenvalue weighted by atomic mass is 15.3. The Bertz CT molecular complexity index is 557. The van der Waals surface area contributed by atoms with E-state index in [2.05, 4.69) is 62.5 Å². The first-order valence-electron chi connectivity index (χ1n) is 7.45. The molecule has 0 aliphatic heterocycles. The summed E-state index contributed by atoms with van der Waals surface area (Å²) in [5, 5.41) is 8.00. The van der Waals surface area contributed by atoms with Gasteiger partial charge in [-0.2, -0.15) is 5.10 Å². The van der Waals surface area contributed by atoms with E-state index in [1.165, 1.54) is 22.3 Å². The van der Waals surface area contributed by atoms with Gasteiger partial charge >= 0.3 is 0 Å². The van der Waals surface area contributed by atoms with Gasteiger partial charge in [-0.3, -0.25) is 4.68 Å². The summed E-state index contributed by atoms with van der Waals surface area (Å²) in [5.74, 6) is 0. The van der Waals surface area contributed by atoms with Gasteiger partial charge < -0.3 is 5.32 Å². The molecule has 2 rings (SSSR count). The van der Waals surface area contributed by atoms with Crippen LogP contribution >= 0.6 is 0 Å². The predicted molar refractivity (Wildman–Crippen MR) is 84.0 cm³/mol. The van der Waals surface area contributed by atoms with Crippen molar-refractivity contribution in [1.29, 1.82) is 0 Å². The maximum Gasteiger partial charge on any atom is 0.0662 e. The fraction of sp³-hybridized carbons (Fsp3) is 0.471. The van der Waals surface area contributed by atoms with Crippen LogP contribution in [-0.4, -0.2) is 16.3 Å². The van der Waals surface area contributed by atoms with Crippen LogP contribution in [0.1, 0.15) is 48.6 Å². The molecule has 1 aromatic heterocycles. The Morgan fingerprint density at radius 2 is 2.05 bits per heavy atom. The average molecular weight is 271 g/mol. The molecule has 0 saturated carbocycles. The number of nitrogens with zero attached hydrogens (tertiary/aromatic N) is 2. The van der Waals surface area contributed by atoms with E-state index in [1.54, 1.807) is 0 Å². The Hall–Kier alpha value is -1.61. The van der Waals surface area contributed by atoms with Gasteiger partial charge in [0.1, 0.15) is 0 Å². The van der Waals surface area contributed by atoms with Crippen LogP contribution in [0, 0.1) is 13.8 Å².